The van der Waals surface area contributed by atoms with Crippen LogP contribution in [0.4, 0.5) is 17.1 Å². The van der Waals surface area contributed by atoms with Gasteiger partial charge >= 0.3 is 0 Å². The lowest BCUT2D eigenvalue weighted by molar-refractivity contribution is -0.116. The first-order chi connectivity index (χ1) is 12.4. The molecule has 138 valence electrons. The van der Waals surface area contributed by atoms with Gasteiger partial charge in [0, 0.05) is 26.1 Å². The first-order valence-corrected chi connectivity index (χ1v) is 10.8. The highest BCUT2D eigenvalue weighted by atomic mass is 35.5. The van der Waals surface area contributed by atoms with E-state index < -0.39 is 10.0 Å². The third-order valence-electron chi connectivity index (χ3n) is 4.42. The fourth-order valence-electron chi connectivity index (χ4n) is 3.27. The number of amides is 1. The predicted octanol–water partition coefficient (Wildman–Crippen LogP) is 2.32. The largest absolute Gasteiger partial charge is 0.364 e. The van der Waals surface area contributed by atoms with Gasteiger partial charge in [-0.2, -0.15) is 0 Å². The van der Waals surface area contributed by atoms with Crippen molar-refractivity contribution in [2.45, 2.75) is 16.7 Å². The van der Waals surface area contributed by atoms with Gasteiger partial charge in [0.15, 0.2) is 0 Å². The number of sulfonamides is 1. The summed E-state index contributed by atoms with van der Waals surface area (Å²) < 4.78 is 28.1. The standard InChI is InChI=1S/C16H17ClN4O3S2/c17-14-3-4-16(25-14)26(23,24)20-10-1-2-13-12(7-10)19-15(22)8-11-9-18-5-6-21(11)13/h1-4,7,11,18,20H,5-6,8-9H2,(H,19,22). The van der Waals surface area contributed by atoms with Gasteiger partial charge in [0.05, 0.1) is 27.4 Å². The van der Waals surface area contributed by atoms with Gasteiger partial charge in [0.1, 0.15) is 4.21 Å². The van der Waals surface area contributed by atoms with E-state index in [1.165, 1.54) is 6.07 Å². The molecule has 1 saturated heterocycles. The summed E-state index contributed by atoms with van der Waals surface area (Å²) in [6.07, 6.45) is 0.399. The van der Waals surface area contributed by atoms with E-state index in [4.69, 9.17) is 11.6 Å². The van der Waals surface area contributed by atoms with Gasteiger partial charge in [0.2, 0.25) is 5.91 Å². The van der Waals surface area contributed by atoms with E-state index in [-0.39, 0.29) is 16.2 Å². The van der Waals surface area contributed by atoms with Crippen LogP contribution in [0, 0.1) is 0 Å². The molecule has 26 heavy (non-hydrogen) atoms. The molecule has 0 aliphatic carbocycles. The van der Waals surface area contributed by atoms with E-state index >= 15 is 0 Å². The Labute approximate surface area is 160 Å². The van der Waals surface area contributed by atoms with Crippen LogP contribution in [-0.4, -0.2) is 40.0 Å². The van der Waals surface area contributed by atoms with Crippen LogP contribution in [0.5, 0.6) is 0 Å². The highest BCUT2D eigenvalue weighted by molar-refractivity contribution is 7.94. The molecule has 4 rings (SSSR count). The maximum atomic E-state index is 12.5. The van der Waals surface area contributed by atoms with Crippen molar-refractivity contribution in [1.29, 1.82) is 0 Å². The van der Waals surface area contributed by atoms with Gasteiger partial charge in [-0.25, -0.2) is 8.42 Å². The zero-order valence-corrected chi connectivity index (χ0v) is 16.0. The van der Waals surface area contributed by atoms with E-state index in [1.807, 2.05) is 6.07 Å². The van der Waals surface area contributed by atoms with Gasteiger partial charge in [-0.3, -0.25) is 9.52 Å². The molecule has 3 N–H and O–H groups in total. The first-order valence-electron chi connectivity index (χ1n) is 8.12. The lowest BCUT2D eigenvalue weighted by Crippen LogP contribution is -2.51. The van der Waals surface area contributed by atoms with Crippen molar-refractivity contribution in [1.82, 2.24) is 5.32 Å². The smallest absolute Gasteiger partial charge is 0.271 e. The van der Waals surface area contributed by atoms with Crippen LogP contribution in [0.3, 0.4) is 0 Å². The second kappa shape index (κ2) is 6.73. The summed E-state index contributed by atoms with van der Waals surface area (Å²) in [6.45, 7) is 2.39. The monoisotopic (exact) mass is 412 g/mol. The molecule has 0 saturated carbocycles. The van der Waals surface area contributed by atoms with Crippen LogP contribution in [0.1, 0.15) is 6.42 Å². The van der Waals surface area contributed by atoms with Gasteiger partial charge in [-0.15, -0.1) is 11.3 Å². The Morgan fingerprint density at radius 3 is 2.88 bits per heavy atom. The third-order valence-corrected chi connectivity index (χ3v) is 7.52. The number of fused-ring (bicyclic) bond motifs is 3. The molecule has 1 aromatic carbocycles. The molecule has 1 fully saturated rings. The van der Waals surface area contributed by atoms with Crippen LogP contribution in [-0.2, 0) is 14.8 Å². The topological polar surface area (TPSA) is 90.5 Å². The summed E-state index contributed by atoms with van der Waals surface area (Å²) in [5, 5.41) is 6.19. The normalized spacial score (nSPS) is 20.0. The first kappa shape index (κ1) is 17.6. The molecule has 1 atom stereocenters. The summed E-state index contributed by atoms with van der Waals surface area (Å²) in [5.41, 5.74) is 1.91. The second-order valence-corrected chi connectivity index (χ2v) is 9.82. The molecule has 10 heteroatoms. The zero-order valence-electron chi connectivity index (χ0n) is 13.7. The van der Waals surface area contributed by atoms with Crippen molar-refractivity contribution in [2.24, 2.45) is 0 Å². The van der Waals surface area contributed by atoms with E-state index in [0.29, 0.717) is 22.1 Å². The Kier molecular flexibility index (Phi) is 4.55. The van der Waals surface area contributed by atoms with E-state index in [9.17, 15) is 13.2 Å². The predicted molar refractivity (Wildman–Crippen MR) is 104 cm³/mol. The van der Waals surface area contributed by atoms with Crippen LogP contribution in [0.25, 0.3) is 0 Å². The molecule has 1 amide bonds. The maximum Gasteiger partial charge on any atom is 0.271 e. The Hall–Kier alpha value is -1.81. The summed E-state index contributed by atoms with van der Waals surface area (Å²) >= 11 is 6.82. The van der Waals surface area contributed by atoms with Crippen molar-refractivity contribution in [2.75, 3.05) is 34.6 Å². The van der Waals surface area contributed by atoms with Crippen molar-refractivity contribution >= 4 is 55.9 Å². The average Bonchev–Trinajstić information content (AvgIpc) is 2.97. The number of anilines is 3. The minimum Gasteiger partial charge on any atom is -0.364 e. The summed E-state index contributed by atoms with van der Waals surface area (Å²) in [4.78, 5) is 14.4. The molecule has 7 nitrogen and oxygen atoms in total. The van der Waals surface area contributed by atoms with Crippen LogP contribution >= 0.6 is 22.9 Å². The molecule has 3 heterocycles. The Morgan fingerprint density at radius 2 is 2.12 bits per heavy atom. The third kappa shape index (κ3) is 3.39. The van der Waals surface area contributed by atoms with Crippen molar-refractivity contribution in [3.63, 3.8) is 0 Å². The molecule has 1 unspecified atom stereocenters. The molecular formula is C16H17ClN4O3S2. The number of nitrogens with one attached hydrogen (secondary N) is 3. The van der Waals surface area contributed by atoms with E-state index in [2.05, 4.69) is 20.3 Å². The highest BCUT2D eigenvalue weighted by Gasteiger charge is 2.30. The SMILES string of the molecule is O=C1CC2CNCCN2c2ccc(NS(=O)(=O)c3ccc(Cl)s3)cc2N1. The number of piperazine rings is 1. The molecule has 0 radical (unpaired) electrons. The lowest BCUT2D eigenvalue weighted by Gasteiger charge is -2.36. The van der Waals surface area contributed by atoms with E-state index in [1.54, 1.807) is 18.2 Å². The molecule has 2 aromatic rings. The number of rotatable bonds is 3. The minimum atomic E-state index is -3.72. The molecular weight excluding hydrogens is 396 g/mol. The van der Waals surface area contributed by atoms with Crippen LogP contribution in [0.15, 0.2) is 34.5 Å². The number of nitrogens with zero attached hydrogens (tertiary/aromatic N) is 1. The second-order valence-electron chi connectivity index (χ2n) is 6.20. The van der Waals surface area contributed by atoms with Gasteiger partial charge in [0.25, 0.3) is 10.0 Å². The van der Waals surface area contributed by atoms with Crippen LogP contribution in [0.2, 0.25) is 4.34 Å². The minimum absolute atomic E-state index is 0.0764. The van der Waals surface area contributed by atoms with Crippen molar-refractivity contribution < 1.29 is 13.2 Å². The lowest BCUT2D eigenvalue weighted by atomic mass is 10.1. The number of carbonyl (C=O) groups excluding carboxylic acids is 1. The molecule has 0 spiro atoms. The van der Waals surface area contributed by atoms with Crippen LogP contribution < -0.4 is 20.3 Å². The summed E-state index contributed by atoms with van der Waals surface area (Å²) in [5.74, 6) is -0.0764. The zero-order chi connectivity index (χ0) is 18.3. The Morgan fingerprint density at radius 1 is 1.27 bits per heavy atom. The fraction of sp³-hybridized carbons (Fsp3) is 0.312. The molecule has 2 aliphatic rings. The number of benzene rings is 1. The number of hydrogen-bond donors (Lipinski definition) is 3. The van der Waals surface area contributed by atoms with Crippen molar-refractivity contribution in [3.05, 3.63) is 34.7 Å². The number of carbonyl (C=O) groups is 1. The highest BCUT2D eigenvalue weighted by Crippen LogP contribution is 2.35. The quantitative estimate of drug-likeness (QED) is 0.719. The maximum absolute atomic E-state index is 12.5. The van der Waals surface area contributed by atoms with Gasteiger partial charge in [-0.05, 0) is 30.3 Å². The van der Waals surface area contributed by atoms with Gasteiger partial charge in [-0.1, -0.05) is 11.6 Å². The number of thiophene rings is 1. The molecule has 0 bridgehead atoms. The van der Waals surface area contributed by atoms with Gasteiger partial charge < -0.3 is 15.5 Å². The molecule has 2 aliphatic heterocycles. The fourth-order valence-corrected chi connectivity index (χ4v) is 5.81. The van der Waals surface area contributed by atoms with E-state index in [0.717, 1.165) is 36.7 Å². The summed E-state index contributed by atoms with van der Waals surface area (Å²) in [7, 11) is -3.72. The molecule has 1 aromatic heterocycles. The summed E-state index contributed by atoms with van der Waals surface area (Å²) in [6, 6.07) is 8.32. The average molecular weight is 413 g/mol. The number of hydrogen-bond acceptors (Lipinski definition) is 6. The number of halogens is 1. The van der Waals surface area contributed by atoms with Crippen molar-refractivity contribution in [3.8, 4) is 0 Å². The Balaban J connectivity index is 1.65. The Bertz CT molecular complexity index is 960.